The summed E-state index contributed by atoms with van der Waals surface area (Å²) in [5.41, 5.74) is 0. The number of rotatable bonds is 9. The van der Waals surface area contributed by atoms with Crippen molar-refractivity contribution in [2.45, 2.75) is 72.8 Å². The van der Waals surface area contributed by atoms with Gasteiger partial charge in [0.2, 0.25) is 0 Å². The van der Waals surface area contributed by atoms with E-state index in [9.17, 15) is 0 Å². The van der Waals surface area contributed by atoms with Crippen LogP contribution in [0.2, 0.25) is 0 Å². The molecular formula is C15H33N. The average molecular weight is 227 g/mol. The Hall–Kier alpha value is -0.0400. The number of hydrogen-bond donors (Lipinski definition) is 0. The van der Waals surface area contributed by atoms with Gasteiger partial charge in [0, 0.05) is 6.04 Å². The van der Waals surface area contributed by atoms with Gasteiger partial charge in [0.25, 0.3) is 0 Å². The molecule has 0 aliphatic rings. The number of hydrogen-bond acceptors (Lipinski definition) is 1. The summed E-state index contributed by atoms with van der Waals surface area (Å²) in [4.78, 5) is 2.58. The maximum atomic E-state index is 2.58. The summed E-state index contributed by atoms with van der Waals surface area (Å²) in [5, 5.41) is 0. The molecule has 1 heteroatoms. The molecule has 0 aliphatic heterocycles. The minimum Gasteiger partial charge on any atom is -0.303 e. The van der Waals surface area contributed by atoms with Crippen molar-refractivity contribution in [2.24, 2.45) is 11.8 Å². The van der Waals surface area contributed by atoms with E-state index < -0.39 is 0 Å². The molecule has 0 bridgehead atoms. The highest BCUT2D eigenvalue weighted by atomic mass is 15.1. The highest BCUT2D eigenvalue weighted by Crippen LogP contribution is 2.18. The van der Waals surface area contributed by atoms with Gasteiger partial charge in [-0.25, -0.2) is 0 Å². The fourth-order valence-electron chi connectivity index (χ4n) is 2.48. The Morgan fingerprint density at radius 3 is 2.00 bits per heavy atom. The Balaban J connectivity index is 3.88. The second-order valence-electron chi connectivity index (χ2n) is 5.50. The number of nitrogens with zero attached hydrogens (tertiary/aromatic N) is 1. The van der Waals surface area contributed by atoms with Gasteiger partial charge in [-0.2, -0.15) is 0 Å². The van der Waals surface area contributed by atoms with Gasteiger partial charge in [-0.15, -0.1) is 0 Å². The van der Waals surface area contributed by atoms with Gasteiger partial charge in [0.15, 0.2) is 0 Å². The van der Waals surface area contributed by atoms with Crippen LogP contribution in [-0.4, -0.2) is 24.5 Å². The van der Waals surface area contributed by atoms with Gasteiger partial charge >= 0.3 is 0 Å². The molecule has 0 heterocycles. The standard InChI is InChI=1S/C15H33N/c1-7-13(4)11-10-12-16(6)15(9-3)14(5)8-2/h13-15H,7-12H2,1-6H3. The zero-order valence-electron chi connectivity index (χ0n) is 12.4. The van der Waals surface area contributed by atoms with E-state index in [4.69, 9.17) is 0 Å². The van der Waals surface area contributed by atoms with Gasteiger partial charge in [0.05, 0.1) is 0 Å². The summed E-state index contributed by atoms with van der Waals surface area (Å²) in [6, 6.07) is 0.780. The van der Waals surface area contributed by atoms with Crippen LogP contribution < -0.4 is 0 Å². The van der Waals surface area contributed by atoms with Gasteiger partial charge in [-0.05, 0) is 44.7 Å². The Labute approximate surface area is 104 Å². The Bertz CT molecular complexity index is 156. The Morgan fingerprint density at radius 2 is 1.56 bits per heavy atom. The van der Waals surface area contributed by atoms with Gasteiger partial charge in [-0.3, -0.25) is 0 Å². The Morgan fingerprint density at radius 1 is 0.938 bits per heavy atom. The fraction of sp³-hybridized carbons (Fsp3) is 1.00. The van der Waals surface area contributed by atoms with Crippen LogP contribution in [0.3, 0.4) is 0 Å². The first kappa shape index (κ1) is 16.0. The van der Waals surface area contributed by atoms with Crippen LogP contribution in [0.25, 0.3) is 0 Å². The molecule has 0 aliphatic carbocycles. The average Bonchev–Trinajstić information content (AvgIpc) is 2.29. The molecule has 0 saturated carbocycles. The molecular weight excluding hydrogens is 194 g/mol. The summed E-state index contributed by atoms with van der Waals surface area (Å²) in [7, 11) is 2.30. The van der Waals surface area contributed by atoms with Crippen LogP contribution in [0.5, 0.6) is 0 Å². The fourth-order valence-corrected chi connectivity index (χ4v) is 2.48. The molecule has 1 nitrogen and oxygen atoms in total. The molecule has 16 heavy (non-hydrogen) atoms. The minimum atomic E-state index is 0.780. The van der Waals surface area contributed by atoms with Crippen molar-refractivity contribution in [3.05, 3.63) is 0 Å². The van der Waals surface area contributed by atoms with Crippen LogP contribution >= 0.6 is 0 Å². The molecule has 0 N–H and O–H groups in total. The van der Waals surface area contributed by atoms with E-state index in [-0.39, 0.29) is 0 Å². The largest absolute Gasteiger partial charge is 0.303 e. The molecule has 0 spiro atoms. The normalized spacial score (nSPS) is 17.4. The molecule has 0 aromatic carbocycles. The van der Waals surface area contributed by atoms with E-state index >= 15 is 0 Å². The first-order valence-electron chi connectivity index (χ1n) is 7.26. The predicted molar refractivity (Wildman–Crippen MR) is 74.9 cm³/mol. The maximum Gasteiger partial charge on any atom is 0.0115 e. The lowest BCUT2D eigenvalue weighted by Crippen LogP contribution is -2.37. The molecule has 0 amide bonds. The van der Waals surface area contributed by atoms with E-state index in [2.05, 4.69) is 46.6 Å². The van der Waals surface area contributed by atoms with Crippen LogP contribution in [0.15, 0.2) is 0 Å². The molecule has 3 unspecified atom stereocenters. The third kappa shape index (κ3) is 5.89. The third-order valence-corrected chi connectivity index (χ3v) is 4.19. The zero-order chi connectivity index (χ0) is 12.6. The van der Waals surface area contributed by atoms with Crippen molar-refractivity contribution in [2.75, 3.05) is 13.6 Å². The molecule has 98 valence electrons. The zero-order valence-corrected chi connectivity index (χ0v) is 12.4. The van der Waals surface area contributed by atoms with Crippen molar-refractivity contribution >= 4 is 0 Å². The molecule has 0 aromatic rings. The van der Waals surface area contributed by atoms with E-state index in [1.807, 2.05) is 0 Å². The van der Waals surface area contributed by atoms with Crippen LogP contribution in [0.4, 0.5) is 0 Å². The lowest BCUT2D eigenvalue weighted by molar-refractivity contribution is 0.169. The summed E-state index contributed by atoms with van der Waals surface area (Å²) in [6.45, 7) is 12.9. The quantitative estimate of drug-likeness (QED) is 0.558. The summed E-state index contributed by atoms with van der Waals surface area (Å²) < 4.78 is 0. The molecule has 3 atom stereocenters. The summed E-state index contributed by atoms with van der Waals surface area (Å²) >= 11 is 0. The minimum absolute atomic E-state index is 0.780. The van der Waals surface area contributed by atoms with Crippen LogP contribution in [0, 0.1) is 11.8 Å². The van der Waals surface area contributed by atoms with Gasteiger partial charge < -0.3 is 4.90 Å². The summed E-state index contributed by atoms with van der Waals surface area (Å²) in [5.74, 6) is 1.73. The van der Waals surface area contributed by atoms with Crippen molar-refractivity contribution in [3.8, 4) is 0 Å². The third-order valence-electron chi connectivity index (χ3n) is 4.19. The van der Waals surface area contributed by atoms with Crippen LogP contribution in [-0.2, 0) is 0 Å². The predicted octanol–water partition coefficient (Wildman–Crippen LogP) is 4.57. The smallest absolute Gasteiger partial charge is 0.0115 e. The van der Waals surface area contributed by atoms with Crippen molar-refractivity contribution in [3.63, 3.8) is 0 Å². The second-order valence-corrected chi connectivity index (χ2v) is 5.50. The van der Waals surface area contributed by atoms with Crippen LogP contribution in [0.1, 0.15) is 66.7 Å². The lowest BCUT2D eigenvalue weighted by Gasteiger charge is -2.32. The lowest BCUT2D eigenvalue weighted by atomic mass is 9.95. The SMILES string of the molecule is CCC(C)CCCN(C)C(CC)C(C)CC. The highest BCUT2D eigenvalue weighted by Gasteiger charge is 2.18. The second kappa shape index (κ2) is 9.04. The molecule has 0 rings (SSSR count). The first-order chi connectivity index (χ1) is 7.56. The van der Waals surface area contributed by atoms with Crippen molar-refractivity contribution < 1.29 is 0 Å². The molecule has 0 radical (unpaired) electrons. The van der Waals surface area contributed by atoms with Gasteiger partial charge in [0.1, 0.15) is 0 Å². The maximum absolute atomic E-state index is 2.58. The first-order valence-corrected chi connectivity index (χ1v) is 7.26. The molecule has 0 fully saturated rings. The van der Waals surface area contributed by atoms with Crippen molar-refractivity contribution in [1.29, 1.82) is 0 Å². The monoisotopic (exact) mass is 227 g/mol. The van der Waals surface area contributed by atoms with E-state index in [1.165, 1.54) is 38.6 Å². The molecule has 0 aromatic heterocycles. The molecule has 0 saturated heterocycles. The topological polar surface area (TPSA) is 3.24 Å². The van der Waals surface area contributed by atoms with E-state index in [0.717, 1.165) is 17.9 Å². The van der Waals surface area contributed by atoms with Gasteiger partial charge in [-0.1, -0.05) is 47.5 Å². The van der Waals surface area contributed by atoms with E-state index in [1.54, 1.807) is 0 Å². The van der Waals surface area contributed by atoms with E-state index in [0.29, 0.717) is 0 Å². The summed E-state index contributed by atoms with van der Waals surface area (Å²) in [6.07, 6.45) is 6.66. The highest BCUT2D eigenvalue weighted by molar-refractivity contribution is 4.72. The Kier molecular flexibility index (Phi) is 9.02. The van der Waals surface area contributed by atoms with Crippen molar-refractivity contribution in [1.82, 2.24) is 4.90 Å².